The van der Waals surface area contributed by atoms with Crippen LogP contribution < -0.4 is 5.73 Å². The topological polar surface area (TPSA) is 62.7 Å². The highest BCUT2D eigenvalue weighted by molar-refractivity contribution is 5.27. The number of nitriles is 1. The van der Waals surface area contributed by atoms with Gasteiger partial charge in [0.15, 0.2) is 0 Å². The van der Waals surface area contributed by atoms with Gasteiger partial charge in [-0.2, -0.15) is 5.26 Å². The van der Waals surface area contributed by atoms with Crippen LogP contribution in [0.15, 0.2) is 18.3 Å². The number of pyridine rings is 1. The molecule has 0 atom stereocenters. The zero-order valence-corrected chi connectivity index (χ0v) is 13.0. The third-order valence-corrected chi connectivity index (χ3v) is 4.23. The Bertz CT molecular complexity index is 442. The van der Waals surface area contributed by atoms with Crippen molar-refractivity contribution >= 4 is 0 Å². The highest BCUT2D eigenvalue weighted by Gasteiger charge is 2.39. The molecule has 1 saturated carbocycles. The summed E-state index contributed by atoms with van der Waals surface area (Å²) in [5.41, 5.74) is 8.02. The standard InChI is InChI=1S/C10H21N.C7H6N2/c1-3-5-6-10(4-2)7-9(11)8-10;1-6-4-7(5-8)2-3-9-6/h9H,3-8,11H2,1-2H3;2-4H,1H3. The van der Waals surface area contributed by atoms with Gasteiger partial charge in [-0.3, -0.25) is 4.98 Å². The van der Waals surface area contributed by atoms with Crippen LogP contribution in [0.3, 0.4) is 0 Å². The van der Waals surface area contributed by atoms with E-state index >= 15 is 0 Å². The van der Waals surface area contributed by atoms with Crippen LogP contribution in [0.5, 0.6) is 0 Å². The van der Waals surface area contributed by atoms with E-state index < -0.39 is 0 Å². The summed E-state index contributed by atoms with van der Waals surface area (Å²) in [6.07, 6.45) is 9.66. The summed E-state index contributed by atoms with van der Waals surface area (Å²) in [4.78, 5) is 3.94. The first kappa shape index (κ1) is 16.7. The summed E-state index contributed by atoms with van der Waals surface area (Å²) in [5.74, 6) is 0. The van der Waals surface area contributed by atoms with Crippen LogP contribution >= 0.6 is 0 Å². The van der Waals surface area contributed by atoms with Crippen molar-refractivity contribution in [1.29, 1.82) is 5.26 Å². The maximum Gasteiger partial charge on any atom is 0.0992 e. The minimum absolute atomic E-state index is 0.520. The lowest BCUT2D eigenvalue weighted by atomic mass is 9.62. The Labute approximate surface area is 123 Å². The van der Waals surface area contributed by atoms with Crippen LogP contribution in [-0.2, 0) is 0 Å². The van der Waals surface area contributed by atoms with Gasteiger partial charge in [0.05, 0.1) is 11.6 Å². The highest BCUT2D eigenvalue weighted by Crippen LogP contribution is 2.46. The molecule has 2 rings (SSSR count). The Hall–Kier alpha value is -1.40. The molecule has 0 spiro atoms. The number of nitrogens with zero attached hydrogens (tertiary/aromatic N) is 2. The van der Waals surface area contributed by atoms with Gasteiger partial charge in [0, 0.05) is 17.9 Å². The van der Waals surface area contributed by atoms with Gasteiger partial charge >= 0.3 is 0 Å². The minimum Gasteiger partial charge on any atom is -0.328 e. The fourth-order valence-electron chi connectivity index (χ4n) is 2.89. The van der Waals surface area contributed by atoms with E-state index in [1.807, 2.05) is 13.0 Å². The van der Waals surface area contributed by atoms with Crippen LogP contribution in [0.4, 0.5) is 0 Å². The van der Waals surface area contributed by atoms with E-state index in [4.69, 9.17) is 11.0 Å². The number of aryl methyl sites for hydroxylation is 1. The molecule has 0 aromatic carbocycles. The van der Waals surface area contributed by atoms with Gasteiger partial charge < -0.3 is 5.73 Å². The second kappa shape index (κ2) is 8.01. The molecule has 1 heterocycles. The van der Waals surface area contributed by atoms with Crippen molar-refractivity contribution in [2.24, 2.45) is 11.1 Å². The molecule has 1 aromatic rings. The second-order valence-corrected chi connectivity index (χ2v) is 5.92. The summed E-state index contributed by atoms with van der Waals surface area (Å²) < 4.78 is 0. The summed E-state index contributed by atoms with van der Waals surface area (Å²) in [7, 11) is 0. The maximum absolute atomic E-state index is 8.38. The minimum atomic E-state index is 0.520. The van der Waals surface area contributed by atoms with Gasteiger partial charge in [-0.25, -0.2) is 0 Å². The fraction of sp³-hybridized carbons (Fsp3) is 0.647. The van der Waals surface area contributed by atoms with Crippen LogP contribution in [0.25, 0.3) is 0 Å². The van der Waals surface area contributed by atoms with Gasteiger partial charge in [0.25, 0.3) is 0 Å². The Balaban J connectivity index is 0.000000204. The van der Waals surface area contributed by atoms with E-state index in [-0.39, 0.29) is 0 Å². The van der Waals surface area contributed by atoms with Crippen molar-refractivity contribution in [2.75, 3.05) is 0 Å². The summed E-state index contributed by atoms with van der Waals surface area (Å²) in [6, 6.07) is 5.99. The average Bonchev–Trinajstić information content (AvgIpc) is 2.43. The Morgan fingerprint density at radius 3 is 2.55 bits per heavy atom. The molecule has 0 unspecified atom stereocenters. The molecule has 3 heteroatoms. The first-order valence-electron chi connectivity index (χ1n) is 7.63. The number of aromatic nitrogens is 1. The van der Waals surface area contributed by atoms with Crippen LogP contribution in [-0.4, -0.2) is 11.0 Å². The Morgan fingerprint density at radius 1 is 1.45 bits per heavy atom. The summed E-state index contributed by atoms with van der Waals surface area (Å²) in [6.45, 7) is 6.43. The van der Waals surface area contributed by atoms with Crippen molar-refractivity contribution in [1.82, 2.24) is 4.98 Å². The van der Waals surface area contributed by atoms with E-state index in [0.29, 0.717) is 17.0 Å². The quantitative estimate of drug-likeness (QED) is 0.903. The van der Waals surface area contributed by atoms with Crippen molar-refractivity contribution in [3.63, 3.8) is 0 Å². The zero-order valence-electron chi connectivity index (χ0n) is 13.0. The molecule has 0 bridgehead atoms. The third kappa shape index (κ3) is 4.94. The second-order valence-electron chi connectivity index (χ2n) is 5.92. The number of hydrogen-bond acceptors (Lipinski definition) is 3. The molecule has 0 saturated heterocycles. The van der Waals surface area contributed by atoms with Crippen molar-refractivity contribution in [2.45, 2.75) is 65.3 Å². The van der Waals surface area contributed by atoms with Crippen LogP contribution in [0, 0.1) is 23.7 Å². The molecule has 3 nitrogen and oxygen atoms in total. The van der Waals surface area contributed by atoms with E-state index in [2.05, 4.69) is 18.8 Å². The molecule has 1 aromatic heterocycles. The first-order chi connectivity index (χ1) is 9.55. The Kier molecular flexibility index (Phi) is 6.67. The molecule has 2 N–H and O–H groups in total. The smallest absolute Gasteiger partial charge is 0.0992 e. The normalized spacial score (nSPS) is 24.1. The predicted molar refractivity (Wildman–Crippen MR) is 83.1 cm³/mol. The molecule has 20 heavy (non-hydrogen) atoms. The number of nitrogens with two attached hydrogens (primary N) is 1. The largest absolute Gasteiger partial charge is 0.328 e. The van der Waals surface area contributed by atoms with Crippen molar-refractivity contribution in [3.8, 4) is 6.07 Å². The van der Waals surface area contributed by atoms with Gasteiger partial charge in [0.2, 0.25) is 0 Å². The third-order valence-electron chi connectivity index (χ3n) is 4.23. The zero-order chi connectivity index (χ0) is 15.0. The molecule has 110 valence electrons. The molecule has 0 radical (unpaired) electrons. The predicted octanol–water partition coefficient (Wildman–Crippen LogP) is 3.96. The lowest BCUT2D eigenvalue weighted by molar-refractivity contribution is 0.0837. The van der Waals surface area contributed by atoms with Gasteiger partial charge in [-0.1, -0.05) is 33.1 Å². The first-order valence-corrected chi connectivity index (χ1v) is 7.63. The lowest BCUT2D eigenvalue weighted by Crippen LogP contribution is -2.45. The molecule has 1 aliphatic carbocycles. The molecular weight excluding hydrogens is 246 g/mol. The van der Waals surface area contributed by atoms with Crippen LogP contribution in [0.2, 0.25) is 0 Å². The van der Waals surface area contributed by atoms with E-state index in [9.17, 15) is 0 Å². The molecule has 1 aliphatic rings. The van der Waals surface area contributed by atoms with Gasteiger partial charge in [-0.05, 0) is 43.7 Å². The maximum atomic E-state index is 8.38. The monoisotopic (exact) mass is 273 g/mol. The molecule has 1 fully saturated rings. The van der Waals surface area contributed by atoms with Crippen molar-refractivity contribution < 1.29 is 0 Å². The molecule has 0 amide bonds. The van der Waals surface area contributed by atoms with Crippen LogP contribution in [0.1, 0.15) is 63.6 Å². The number of unbranched alkanes of at least 4 members (excludes halogenated alkanes) is 1. The van der Waals surface area contributed by atoms with Gasteiger partial charge in [0.1, 0.15) is 0 Å². The van der Waals surface area contributed by atoms with E-state index in [0.717, 1.165) is 5.69 Å². The Morgan fingerprint density at radius 2 is 2.15 bits per heavy atom. The van der Waals surface area contributed by atoms with E-state index in [1.165, 1.54) is 38.5 Å². The average molecular weight is 273 g/mol. The van der Waals surface area contributed by atoms with Crippen molar-refractivity contribution in [3.05, 3.63) is 29.6 Å². The lowest BCUT2D eigenvalue weighted by Gasteiger charge is -2.46. The summed E-state index contributed by atoms with van der Waals surface area (Å²) in [5, 5.41) is 8.38. The fourth-order valence-corrected chi connectivity index (χ4v) is 2.89. The highest BCUT2D eigenvalue weighted by atomic mass is 14.7. The molecular formula is C17H27N3. The number of hydrogen-bond donors (Lipinski definition) is 1. The SMILES string of the molecule is CCCCC1(CC)CC(N)C1.Cc1cc(C#N)ccn1. The molecule has 0 aliphatic heterocycles. The van der Waals surface area contributed by atoms with E-state index in [1.54, 1.807) is 18.3 Å². The summed E-state index contributed by atoms with van der Waals surface area (Å²) >= 11 is 0. The van der Waals surface area contributed by atoms with Gasteiger partial charge in [-0.15, -0.1) is 0 Å². The number of rotatable bonds is 4.